The predicted molar refractivity (Wildman–Crippen MR) is 157 cm³/mol. The number of fused-ring (bicyclic) bond motifs is 1. The smallest absolute Gasteiger partial charge is 0.350 e. The van der Waals surface area contributed by atoms with Gasteiger partial charge in [-0.15, -0.1) is 5.10 Å². The first kappa shape index (κ1) is 28.6. The molecule has 9 heteroatoms. The Labute approximate surface area is 240 Å². The fraction of sp³-hybridized carbons (Fsp3) is 0.500. The number of carbonyl (C=O) groups excluding carboxylic acids is 2. The predicted octanol–water partition coefficient (Wildman–Crippen LogP) is 5.85. The topological polar surface area (TPSA) is 104 Å². The molecule has 1 aromatic heterocycles. The minimum absolute atomic E-state index is 0.171. The van der Waals surface area contributed by atoms with Crippen molar-refractivity contribution >= 4 is 17.6 Å². The third-order valence-electron chi connectivity index (χ3n) is 7.73. The molecule has 2 heterocycles. The van der Waals surface area contributed by atoms with Crippen LogP contribution in [-0.4, -0.2) is 38.4 Å². The first-order chi connectivity index (χ1) is 19.6. The zero-order chi connectivity index (χ0) is 29.1. The molecule has 0 radical (unpaired) electrons. The van der Waals surface area contributed by atoms with Crippen LogP contribution in [0.25, 0.3) is 5.69 Å². The van der Waals surface area contributed by atoms with Gasteiger partial charge < -0.3 is 14.8 Å². The minimum atomic E-state index is -0.598. The number of anilines is 1. The SMILES string of the molecule is Cc1cc(C(=O)OC(C)(C)C)ccc1NC(=O)c1ccc(-n2nc3n(c2=O)CCCC3)cc1OCC1CCCCC1. The number of carbonyl (C=O) groups is 2. The van der Waals surface area contributed by atoms with Gasteiger partial charge >= 0.3 is 11.7 Å². The number of benzene rings is 2. The van der Waals surface area contributed by atoms with Crippen molar-refractivity contribution in [1.82, 2.24) is 14.3 Å². The van der Waals surface area contributed by atoms with Crippen LogP contribution in [0.1, 0.15) is 97.8 Å². The Morgan fingerprint density at radius 1 is 1.02 bits per heavy atom. The molecule has 1 N–H and O–H groups in total. The van der Waals surface area contributed by atoms with Crippen molar-refractivity contribution < 1.29 is 19.1 Å². The highest BCUT2D eigenvalue weighted by molar-refractivity contribution is 6.07. The maximum atomic E-state index is 13.5. The van der Waals surface area contributed by atoms with Gasteiger partial charge in [-0.1, -0.05) is 19.3 Å². The molecule has 1 amide bonds. The van der Waals surface area contributed by atoms with Gasteiger partial charge in [0.25, 0.3) is 5.91 Å². The first-order valence-corrected chi connectivity index (χ1v) is 14.7. The largest absolute Gasteiger partial charge is 0.492 e. The molecule has 3 aromatic rings. The summed E-state index contributed by atoms with van der Waals surface area (Å²) in [5.41, 5.74) is 1.92. The quantitative estimate of drug-likeness (QED) is 0.364. The van der Waals surface area contributed by atoms with Crippen molar-refractivity contribution in [3.05, 3.63) is 69.4 Å². The van der Waals surface area contributed by atoms with Gasteiger partial charge in [0.2, 0.25) is 0 Å². The van der Waals surface area contributed by atoms with Gasteiger partial charge in [-0.05, 0) is 95.2 Å². The Hall–Kier alpha value is -3.88. The normalized spacial score (nSPS) is 15.7. The molecule has 1 saturated carbocycles. The second kappa shape index (κ2) is 11.9. The average Bonchev–Trinajstić information content (AvgIpc) is 3.28. The number of ether oxygens (including phenoxy) is 2. The maximum absolute atomic E-state index is 13.5. The molecule has 2 aromatic carbocycles. The maximum Gasteiger partial charge on any atom is 0.350 e. The van der Waals surface area contributed by atoms with Gasteiger partial charge in [0, 0.05) is 24.7 Å². The molecule has 9 nitrogen and oxygen atoms in total. The van der Waals surface area contributed by atoms with E-state index in [1.54, 1.807) is 41.0 Å². The van der Waals surface area contributed by atoms with Gasteiger partial charge in [0.1, 0.15) is 17.2 Å². The third-order valence-corrected chi connectivity index (χ3v) is 7.73. The summed E-state index contributed by atoms with van der Waals surface area (Å²) in [6, 6.07) is 10.2. The van der Waals surface area contributed by atoms with Crippen molar-refractivity contribution in [2.24, 2.45) is 5.92 Å². The highest BCUT2D eigenvalue weighted by atomic mass is 16.6. The van der Waals surface area contributed by atoms with Crippen LogP contribution in [-0.2, 0) is 17.7 Å². The molecule has 41 heavy (non-hydrogen) atoms. The fourth-order valence-electron chi connectivity index (χ4n) is 5.54. The molecular formula is C32H40N4O5. The van der Waals surface area contributed by atoms with Crippen LogP contribution < -0.4 is 15.7 Å². The Kier molecular flexibility index (Phi) is 8.33. The molecule has 0 unspecified atom stereocenters. The van der Waals surface area contributed by atoms with Crippen molar-refractivity contribution in [3.63, 3.8) is 0 Å². The molecule has 5 rings (SSSR count). The van der Waals surface area contributed by atoms with E-state index >= 15 is 0 Å². The summed E-state index contributed by atoms with van der Waals surface area (Å²) < 4.78 is 14.9. The number of amides is 1. The van der Waals surface area contributed by atoms with Gasteiger partial charge in [-0.2, -0.15) is 4.68 Å². The number of rotatable bonds is 7. The van der Waals surface area contributed by atoms with E-state index in [4.69, 9.17) is 9.47 Å². The Bertz CT molecular complexity index is 1490. The van der Waals surface area contributed by atoms with E-state index in [1.165, 1.54) is 23.9 Å². The number of hydrogen-bond acceptors (Lipinski definition) is 6. The van der Waals surface area contributed by atoms with Gasteiger partial charge in [0.15, 0.2) is 0 Å². The van der Waals surface area contributed by atoms with E-state index in [0.717, 1.165) is 43.5 Å². The van der Waals surface area contributed by atoms with Crippen LogP contribution >= 0.6 is 0 Å². The van der Waals surface area contributed by atoms with Crippen molar-refractivity contribution in [3.8, 4) is 11.4 Å². The number of nitrogens with zero attached hydrogens (tertiary/aromatic N) is 3. The van der Waals surface area contributed by atoms with Crippen molar-refractivity contribution in [2.45, 2.75) is 91.2 Å². The zero-order valence-electron chi connectivity index (χ0n) is 24.5. The summed E-state index contributed by atoms with van der Waals surface area (Å²) in [7, 11) is 0. The number of aromatic nitrogens is 3. The van der Waals surface area contributed by atoms with E-state index < -0.39 is 11.6 Å². The van der Waals surface area contributed by atoms with E-state index in [-0.39, 0.29) is 11.6 Å². The summed E-state index contributed by atoms with van der Waals surface area (Å²) in [6.07, 6.45) is 8.61. The second-order valence-electron chi connectivity index (χ2n) is 12.2. The standard InChI is InChI=1S/C32H40N4O5/c1-21-18-23(30(38)41-32(2,3)4)13-16-26(21)33-29(37)25-15-14-24(19-27(25)40-20-22-10-6-5-7-11-22)36-31(39)35-17-9-8-12-28(35)34-36/h13-16,18-19,22H,5-12,17,20H2,1-4H3,(H,33,37). The number of aryl methyl sites for hydroxylation is 2. The lowest BCUT2D eigenvalue weighted by atomic mass is 9.90. The van der Waals surface area contributed by atoms with Crippen LogP contribution in [0.15, 0.2) is 41.2 Å². The molecule has 1 aliphatic carbocycles. The molecule has 1 aliphatic heterocycles. The summed E-state index contributed by atoms with van der Waals surface area (Å²) in [5, 5.41) is 7.55. The van der Waals surface area contributed by atoms with Crippen LogP contribution in [0, 0.1) is 12.8 Å². The van der Waals surface area contributed by atoms with Gasteiger partial charge in [-0.3, -0.25) is 9.36 Å². The van der Waals surface area contributed by atoms with E-state index in [0.29, 0.717) is 47.3 Å². The van der Waals surface area contributed by atoms with Gasteiger partial charge in [-0.25, -0.2) is 9.59 Å². The monoisotopic (exact) mass is 560 g/mol. The van der Waals surface area contributed by atoms with Crippen LogP contribution in [0.4, 0.5) is 5.69 Å². The highest BCUT2D eigenvalue weighted by Gasteiger charge is 2.23. The lowest BCUT2D eigenvalue weighted by Gasteiger charge is -2.22. The number of esters is 1. The summed E-state index contributed by atoms with van der Waals surface area (Å²) in [6.45, 7) is 8.49. The van der Waals surface area contributed by atoms with Gasteiger partial charge in [0.05, 0.1) is 23.4 Å². The number of hydrogen-bond donors (Lipinski definition) is 1. The zero-order valence-corrected chi connectivity index (χ0v) is 24.5. The molecule has 0 saturated heterocycles. The van der Waals surface area contributed by atoms with E-state index in [2.05, 4.69) is 10.4 Å². The molecule has 0 atom stereocenters. The molecule has 218 valence electrons. The summed E-state index contributed by atoms with van der Waals surface area (Å²) in [5.74, 6) is 0.904. The highest BCUT2D eigenvalue weighted by Crippen LogP contribution is 2.29. The Morgan fingerprint density at radius 2 is 1.80 bits per heavy atom. The van der Waals surface area contributed by atoms with E-state index in [1.807, 2.05) is 27.7 Å². The molecular weight excluding hydrogens is 520 g/mol. The molecule has 0 bridgehead atoms. The average molecular weight is 561 g/mol. The number of nitrogens with one attached hydrogen (secondary N) is 1. The lowest BCUT2D eigenvalue weighted by Crippen LogP contribution is -2.26. The minimum Gasteiger partial charge on any atom is -0.492 e. The summed E-state index contributed by atoms with van der Waals surface area (Å²) >= 11 is 0. The Morgan fingerprint density at radius 3 is 2.51 bits per heavy atom. The third kappa shape index (κ3) is 6.72. The first-order valence-electron chi connectivity index (χ1n) is 14.7. The van der Waals surface area contributed by atoms with E-state index in [9.17, 15) is 14.4 Å². The molecule has 1 fully saturated rings. The lowest BCUT2D eigenvalue weighted by molar-refractivity contribution is 0.00693. The molecule has 2 aliphatic rings. The van der Waals surface area contributed by atoms with Crippen LogP contribution in [0.2, 0.25) is 0 Å². The van der Waals surface area contributed by atoms with Crippen molar-refractivity contribution in [2.75, 3.05) is 11.9 Å². The van der Waals surface area contributed by atoms with Crippen molar-refractivity contribution in [1.29, 1.82) is 0 Å². The summed E-state index contributed by atoms with van der Waals surface area (Å²) in [4.78, 5) is 39.1. The fourth-order valence-corrected chi connectivity index (χ4v) is 5.54. The molecule has 0 spiro atoms. The Balaban J connectivity index is 1.41. The second-order valence-corrected chi connectivity index (χ2v) is 12.2. The van der Waals surface area contributed by atoms with Crippen LogP contribution in [0.3, 0.4) is 0 Å². The van der Waals surface area contributed by atoms with Crippen LogP contribution in [0.5, 0.6) is 5.75 Å².